The van der Waals surface area contributed by atoms with Crippen molar-refractivity contribution in [3.8, 4) is 0 Å². The van der Waals surface area contributed by atoms with Gasteiger partial charge in [0.15, 0.2) is 0 Å². The number of non-ortho nitro benzene ring substituents is 1. The maximum absolute atomic E-state index is 11.1. The van der Waals surface area contributed by atoms with E-state index in [2.05, 4.69) is 5.32 Å². The van der Waals surface area contributed by atoms with Gasteiger partial charge in [-0.05, 0) is 32.0 Å². The van der Waals surface area contributed by atoms with E-state index in [-0.39, 0.29) is 10.6 Å². The SMILES string of the molecule is CCNc1cc(N(C)c2ccc(C)cc2)cc([N+](=O)[O-])c1. The highest BCUT2D eigenvalue weighted by molar-refractivity contribution is 5.70. The molecule has 0 aromatic heterocycles. The molecule has 2 rings (SSSR count). The first kappa shape index (κ1) is 14.8. The molecule has 0 unspecified atom stereocenters. The zero-order valence-electron chi connectivity index (χ0n) is 12.5. The number of nitro benzene ring substituents is 1. The van der Waals surface area contributed by atoms with E-state index in [1.54, 1.807) is 12.1 Å². The minimum atomic E-state index is -0.368. The van der Waals surface area contributed by atoms with Gasteiger partial charge >= 0.3 is 0 Å². The number of nitro groups is 1. The molecule has 2 aromatic carbocycles. The molecule has 0 aliphatic heterocycles. The van der Waals surface area contributed by atoms with Crippen molar-refractivity contribution in [2.45, 2.75) is 13.8 Å². The largest absolute Gasteiger partial charge is 0.385 e. The van der Waals surface area contributed by atoms with Crippen LogP contribution in [0.4, 0.5) is 22.7 Å². The monoisotopic (exact) mass is 285 g/mol. The molecule has 5 nitrogen and oxygen atoms in total. The van der Waals surface area contributed by atoms with E-state index < -0.39 is 0 Å². The number of nitrogens with zero attached hydrogens (tertiary/aromatic N) is 2. The zero-order chi connectivity index (χ0) is 15.4. The number of anilines is 3. The van der Waals surface area contributed by atoms with Gasteiger partial charge in [0.05, 0.1) is 4.92 Å². The van der Waals surface area contributed by atoms with Crippen LogP contribution in [0, 0.1) is 17.0 Å². The molecular weight excluding hydrogens is 266 g/mol. The molecule has 0 heterocycles. The normalized spacial score (nSPS) is 10.2. The number of hydrogen-bond donors (Lipinski definition) is 1. The van der Waals surface area contributed by atoms with Gasteiger partial charge in [-0.1, -0.05) is 17.7 Å². The number of hydrogen-bond acceptors (Lipinski definition) is 4. The number of rotatable bonds is 5. The van der Waals surface area contributed by atoms with Crippen LogP contribution in [0.1, 0.15) is 12.5 Å². The average Bonchev–Trinajstić information content (AvgIpc) is 2.47. The Hall–Kier alpha value is -2.56. The van der Waals surface area contributed by atoms with Crippen LogP contribution in [0.25, 0.3) is 0 Å². The van der Waals surface area contributed by atoms with Crippen LogP contribution < -0.4 is 10.2 Å². The van der Waals surface area contributed by atoms with Gasteiger partial charge < -0.3 is 10.2 Å². The van der Waals surface area contributed by atoms with Gasteiger partial charge in [-0.2, -0.15) is 0 Å². The molecule has 0 radical (unpaired) electrons. The summed E-state index contributed by atoms with van der Waals surface area (Å²) in [4.78, 5) is 12.6. The maximum atomic E-state index is 11.1. The van der Waals surface area contributed by atoms with E-state index in [0.717, 1.165) is 23.6 Å². The third-order valence-electron chi connectivity index (χ3n) is 3.30. The molecule has 1 N–H and O–H groups in total. The fourth-order valence-electron chi connectivity index (χ4n) is 2.12. The van der Waals surface area contributed by atoms with E-state index in [4.69, 9.17) is 0 Å². The summed E-state index contributed by atoms with van der Waals surface area (Å²) in [6.45, 7) is 4.71. The second-order valence-corrected chi connectivity index (χ2v) is 4.92. The topological polar surface area (TPSA) is 58.4 Å². The molecule has 0 bridgehead atoms. The minimum Gasteiger partial charge on any atom is -0.385 e. The summed E-state index contributed by atoms with van der Waals surface area (Å²) in [5, 5.41) is 14.2. The van der Waals surface area contributed by atoms with E-state index in [0.29, 0.717) is 0 Å². The lowest BCUT2D eigenvalue weighted by Gasteiger charge is -2.20. The van der Waals surface area contributed by atoms with Gasteiger partial charge in [-0.25, -0.2) is 0 Å². The van der Waals surface area contributed by atoms with Crippen molar-refractivity contribution in [1.29, 1.82) is 0 Å². The van der Waals surface area contributed by atoms with Crippen LogP contribution in [0.5, 0.6) is 0 Å². The van der Waals surface area contributed by atoms with E-state index in [1.165, 1.54) is 5.56 Å². The minimum absolute atomic E-state index is 0.0856. The summed E-state index contributed by atoms with van der Waals surface area (Å²) in [5.74, 6) is 0. The van der Waals surface area contributed by atoms with Gasteiger partial charge in [0.2, 0.25) is 0 Å². The Morgan fingerprint density at radius 1 is 1.14 bits per heavy atom. The Morgan fingerprint density at radius 3 is 2.38 bits per heavy atom. The third kappa shape index (κ3) is 3.51. The molecule has 0 amide bonds. The van der Waals surface area contributed by atoms with Crippen molar-refractivity contribution in [2.24, 2.45) is 0 Å². The van der Waals surface area contributed by atoms with E-state index >= 15 is 0 Å². The second kappa shape index (κ2) is 6.26. The summed E-state index contributed by atoms with van der Waals surface area (Å²) in [5.41, 5.74) is 3.79. The van der Waals surface area contributed by atoms with E-state index in [9.17, 15) is 10.1 Å². The van der Waals surface area contributed by atoms with E-state index in [1.807, 2.05) is 56.1 Å². The summed E-state index contributed by atoms with van der Waals surface area (Å²) < 4.78 is 0. The van der Waals surface area contributed by atoms with Gasteiger partial charge in [0, 0.05) is 42.8 Å². The van der Waals surface area contributed by atoms with Crippen LogP contribution in [0.15, 0.2) is 42.5 Å². The molecule has 0 saturated heterocycles. The Kier molecular flexibility index (Phi) is 4.42. The fraction of sp³-hybridized carbons (Fsp3) is 0.250. The number of aryl methyl sites for hydroxylation is 1. The van der Waals surface area contributed by atoms with Crippen molar-refractivity contribution in [2.75, 3.05) is 23.8 Å². The average molecular weight is 285 g/mol. The Bertz CT molecular complexity index is 638. The highest BCUT2D eigenvalue weighted by Gasteiger charge is 2.13. The maximum Gasteiger partial charge on any atom is 0.273 e. The summed E-state index contributed by atoms with van der Waals surface area (Å²) in [6.07, 6.45) is 0. The van der Waals surface area contributed by atoms with Crippen molar-refractivity contribution >= 4 is 22.7 Å². The smallest absolute Gasteiger partial charge is 0.273 e. The van der Waals surface area contributed by atoms with Gasteiger partial charge in [-0.3, -0.25) is 10.1 Å². The summed E-state index contributed by atoms with van der Waals surface area (Å²) in [6, 6.07) is 13.1. The Balaban J connectivity index is 2.41. The number of benzene rings is 2. The Labute approximate surface area is 124 Å². The van der Waals surface area contributed by atoms with Gasteiger partial charge in [0.25, 0.3) is 5.69 Å². The molecule has 0 aliphatic rings. The molecule has 2 aromatic rings. The highest BCUT2D eigenvalue weighted by atomic mass is 16.6. The predicted octanol–water partition coefficient (Wildman–Crippen LogP) is 4.10. The molecular formula is C16H19N3O2. The van der Waals surface area contributed by atoms with Crippen molar-refractivity contribution < 1.29 is 4.92 Å². The third-order valence-corrected chi connectivity index (χ3v) is 3.30. The van der Waals surface area contributed by atoms with Crippen LogP contribution in [0.2, 0.25) is 0 Å². The molecule has 0 saturated carbocycles. The lowest BCUT2D eigenvalue weighted by molar-refractivity contribution is -0.384. The van der Waals surface area contributed by atoms with Gasteiger partial charge in [0.1, 0.15) is 0 Å². The second-order valence-electron chi connectivity index (χ2n) is 4.92. The quantitative estimate of drug-likeness (QED) is 0.663. The lowest BCUT2D eigenvalue weighted by Crippen LogP contribution is -2.10. The zero-order valence-corrected chi connectivity index (χ0v) is 12.5. The van der Waals surface area contributed by atoms with Crippen molar-refractivity contribution in [1.82, 2.24) is 0 Å². The summed E-state index contributed by atoms with van der Waals surface area (Å²) in [7, 11) is 1.90. The highest BCUT2D eigenvalue weighted by Crippen LogP contribution is 2.30. The standard InChI is InChI=1S/C16H19N3O2/c1-4-17-13-9-15(11-16(10-13)19(20)21)18(3)14-7-5-12(2)6-8-14/h5-11,17H,4H2,1-3H3. The lowest BCUT2D eigenvalue weighted by atomic mass is 10.2. The molecule has 0 aliphatic carbocycles. The Morgan fingerprint density at radius 2 is 1.81 bits per heavy atom. The molecule has 5 heteroatoms. The van der Waals surface area contributed by atoms with Crippen LogP contribution in [0.3, 0.4) is 0 Å². The van der Waals surface area contributed by atoms with Crippen molar-refractivity contribution in [3.63, 3.8) is 0 Å². The van der Waals surface area contributed by atoms with Crippen LogP contribution >= 0.6 is 0 Å². The first-order valence-corrected chi connectivity index (χ1v) is 6.85. The molecule has 110 valence electrons. The molecule has 0 fully saturated rings. The predicted molar refractivity (Wildman–Crippen MR) is 86.5 cm³/mol. The van der Waals surface area contributed by atoms with Gasteiger partial charge in [-0.15, -0.1) is 0 Å². The first-order chi connectivity index (χ1) is 10.0. The molecule has 0 spiro atoms. The fourth-order valence-corrected chi connectivity index (χ4v) is 2.12. The number of nitrogens with one attached hydrogen (secondary N) is 1. The molecule has 0 atom stereocenters. The first-order valence-electron chi connectivity index (χ1n) is 6.85. The summed E-state index contributed by atoms with van der Waals surface area (Å²) >= 11 is 0. The molecule has 21 heavy (non-hydrogen) atoms. The van der Waals surface area contributed by atoms with Crippen LogP contribution in [-0.4, -0.2) is 18.5 Å². The van der Waals surface area contributed by atoms with Crippen LogP contribution in [-0.2, 0) is 0 Å². The van der Waals surface area contributed by atoms with Crippen molar-refractivity contribution in [3.05, 3.63) is 58.1 Å².